The molecule has 0 bridgehead atoms. The molecule has 3 saturated heterocycles. The molecule has 0 aliphatic carbocycles. The lowest BCUT2D eigenvalue weighted by Crippen LogP contribution is -2.52. The van der Waals surface area contributed by atoms with Crippen LogP contribution in [-0.4, -0.2) is 128 Å². The van der Waals surface area contributed by atoms with Gasteiger partial charge in [-0.25, -0.2) is 48.1 Å². The number of amides is 3. The number of carbonyl (C=O) groups is 3. The topological polar surface area (TPSA) is 240 Å². The third-order valence-corrected chi connectivity index (χ3v) is 16.9. The normalized spacial score (nSPS) is 18.9. The van der Waals surface area contributed by atoms with Gasteiger partial charge in [0.2, 0.25) is 17.7 Å². The van der Waals surface area contributed by atoms with E-state index in [-0.39, 0.29) is 111 Å². The van der Waals surface area contributed by atoms with E-state index in [1.54, 1.807) is 26.8 Å². The summed E-state index contributed by atoms with van der Waals surface area (Å²) in [4.78, 5) is 77.5. The standard InChI is InChI=1S/C24H22FN5O2.C22H20F4N4O2.C21H19F4N5O2/c1-15-18(28-24-29-19-9-2-3-11-20(19)32-24)10-5-14-30(15)23(31)16-7-4-8-17(25)21(16)22-26-12-6-13-27-22;1-13-18(29-19-7-4-14(12-28-19)22(24,25)26)3-2-9-30(13)21(31)16-6-5-15(23)11-17(16)20-27-8-10-32-20;1-12-17(29-20-27-10-13(11-28-20)21(23,24)25)3-2-7-30(12)19(31)15-5-4-14(22)9-16(15)18-26-6-8-32-18/h2-4,6-9,11-13,15,18H,5,10,14H2,1H3,(H,28,29);4-8,10-13,18H,2-3,9H2,1H3,(H,28,29);4-6,8-12,17H,2-3,7H2,1H3,(H,27,28,29)/t15-,18+;13-,18+;12-,17+/m000/s1. The fourth-order valence-electron chi connectivity index (χ4n) is 11.8. The summed E-state index contributed by atoms with van der Waals surface area (Å²) in [5, 5.41) is 9.50. The lowest BCUT2D eigenvalue weighted by atomic mass is 9.95. The van der Waals surface area contributed by atoms with E-state index in [0.29, 0.717) is 75.1 Å². The number of carbonyl (C=O) groups excluding carboxylic acids is 3. The van der Waals surface area contributed by atoms with Gasteiger partial charge in [-0.15, -0.1) is 0 Å². The summed E-state index contributed by atoms with van der Waals surface area (Å²) in [6, 6.07) is 22.6. The Bertz CT molecular complexity index is 4090. The van der Waals surface area contributed by atoms with Gasteiger partial charge in [0, 0.05) is 80.8 Å². The molecule has 3 aliphatic heterocycles. The molecule has 0 unspecified atom stereocenters. The zero-order valence-corrected chi connectivity index (χ0v) is 51.5. The average Bonchev–Trinajstić information content (AvgIpc) is 0.987. The maximum Gasteiger partial charge on any atom is 0.419 e. The van der Waals surface area contributed by atoms with Gasteiger partial charge in [0.25, 0.3) is 23.7 Å². The molecule has 6 aromatic heterocycles. The highest BCUT2D eigenvalue weighted by molar-refractivity contribution is 6.02. The summed E-state index contributed by atoms with van der Waals surface area (Å²) in [6.45, 7) is 7.20. The first-order valence-corrected chi connectivity index (χ1v) is 30.5. The number of rotatable bonds is 12. The minimum absolute atomic E-state index is 0.0476. The van der Waals surface area contributed by atoms with Crippen LogP contribution >= 0.6 is 0 Å². The molecule has 3 amide bonds. The second-order valence-electron chi connectivity index (χ2n) is 22.9. The van der Waals surface area contributed by atoms with Gasteiger partial charge in [-0.1, -0.05) is 18.2 Å². The summed E-state index contributed by atoms with van der Waals surface area (Å²) in [7, 11) is 0. The first-order valence-electron chi connectivity index (χ1n) is 30.5. The van der Waals surface area contributed by atoms with Gasteiger partial charge in [0.15, 0.2) is 11.4 Å². The highest BCUT2D eigenvalue weighted by atomic mass is 19.4. The van der Waals surface area contributed by atoms with Crippen molar-refractivity contribution >= 4 is 46.6 Å². The van der Waals surface area contributed by atoms with E-state index in [9.17, 15) is 53.9 Å². The number of nitrogens with zero attached hydrogens (tertiary/aromatic N) is 11. The van der Waals surface area contributed by atoms with Gasteiger partial charge in [-0.3, -0.25) is 14.4 Å². The van der Waals surface area contributed by atoms with Crippen molar-refractivity contribution in [3.63, 3.8) is 0 Å². The van der Waals surface area contributed by atoms with Crippen molar-refractivity contribution in [2.24, 2.45) is 0 Å². The fraction of sp³-hybridized carbons (Fsp3) is 0.299. The van der Waals surface area contributed by atoms with Crippen LogP contribution in [0.4, 0.5) is 57.3 Å². The molecule has 20 nitrogen and oxygen atoms in total. The number of piperidine rings is 3. The predicted molar refractivity (Wildman–Crippen MR) is 333 cm³/mol. The second kappa shape index (κ2) is 28.9. The molecule has 3 aliphatic rings. The Morgan fingerprint density at radius 1 is 0.510 bits per heavy atom. The summed E-state index contributed by atoms with van der Waals surface area (Å²) in [6.07, 6.45) is 6.19. The van der Waals surface area contributed by atoms with Crippen molar-refractivity contribution in [1.29, 1.82) is 0 Å². The number of benzene rings is 4. The largest absolute Gasteiger partial charge is 0.445 e. The molecule has 29 heteroatoms. The molecule has 6 atom stereocenters. The van der Waals surface area contributed by atoms with Crippen LogP contribution in [0.3, 0.4) is 0 Å². The Balaban J connectivity index is 0.000000146. The number of hydrogen-bond donors (Lipinski definition) is 3. The minimum Gasteiger partial charge on any atom is -0.445 e. The number of hydrogen-bond acceptors (Lipinski definition) is 17. The number of oxazole rings is 3. The van der Waals surface area contributed by atoms with E-state index >= 15 is 0 Å². The molecule has 3 N–H and O–H groups in total. The second-order valence-corrected chi connectivity index (χ2v) is 22.9. The smallest absolute Gasteiger partial charge is 0.419 e. The highest BCUT2D eigenvalue weighted by Gasteiger charge is 2.38. The molecule has 10 aromatic rings. The molecule has 0 saturated carbocycles. The third-order valence-electron chi connectivity index (χ3n) is 16.9. The van der Waals surface area contributed by atoms with Crippen molar-refractivity contribution in [2.75, 3.05) is 35.6 Å². The zero-order chi connectivity index (χ0) is 67.8. The lowest BCUT2D eigenvalue weighted by Gasteiger charge is -2.40. The van der Waals surface area contributed by atoms with E-state index in [0.717, 1.165) is 30.6 Å². The van der Waals surface area contributed by atoms with Gasteiger partial charge in [0.05, 0.1) is 62.9 Å². The highest BCUT2D eigenvalue weighted by Crippen LogP contribution is 2.35. The van der Waals surface area contributed by atoms with Crippen LogP contribution in [0.25, 0.3) is 45.4 Å². The number of fused-ring (bicyclic) bond motifs is 1. The Morgan fingerprint density at radius 3 is 1.52 bits per heavy atom. The zero-order valence-electron chi connectivity index (χ0n) is 51.5. The van der Waals surface area contributed by atoms with Crippen molar-refractivity contribution < 1.29 is 67.1 Å². The van der Waals surface area contributed by atoms with Gasteiger partial charge in [-0.2, -0.15) is 31.3 Å². The number of para-hydroxylation sites is 2. The maximum absolute atomic E-state index is 14.7. The van der Waals surface area contributed by atoms with Gasteiger partial charge >= 0.3 is 12.4 Å². The van der Waals surface area contributed by atoms with E-state index < -0.39 is 40.9 Å². The van der Waals surface area contributed by atoms with Crippen LogP contribution < -0.4 is 16.0 Å². The van der Waals surface area contributed by atoms with Crippen LogP contribution in [0.5, 0.6) is 0 Å². The van der Waals surface area contributed by atoms with E-state index in [2.05, 4.69) is 55.8 Å². The molecule has 4 aromatic carbocycles. The van der Waals surface area contributed by atoms with Crippen LogP contribution in [0.1, 0.15) is 101 Å². The number of likely N-dealkylation sites (tertiary alicyclic amines) is 3. The van der Waals surface area contributed by atoms with E-state index in [1.807, 2.05) is 45.0 Å². The van der Waals surface area contributed by atoms with Crippen LogP contribution in [0, 0.1) is 17.5 Å². The number of nitrogens with one attached hydrogen (secondary N) is 3. The quantitative estimate of drug-likeness (QED) is 0.0964. The Hall–Kier alpha value is -10.7. The number of aromatic nitrogens is 8. The SMILES string of the molecule is C[C@H]1[C@H](Nc2ccc(C(F)(F)F)cn2)CCCN1C(=O)c1ccc(F)cc1-c1ncco1.C[C@H]1[C@H](Nc2nc3ccccc3o2)CCCN1C(=O)c1cccc(F)c1-c1ncccn1.C[C@H]1[C@H](Nc2ncc(C(F)(F)F)cn2)CCCN1C(=O)c1ccc(F)cc1-c1ncco1. The van der Waals surface area contributed by atoms with Crippen LogP contribution in [0.2, 0.25) is 0 Å². The monoisotopic (exact) mass is 1330 g/mol. The number of alkyl halides is 6. The lowest BCUT2D eigenvalue weighted by molar-refractivity contribution is -0.138. The third kappa shape index (κ3) is 15.2. The van der Waals surface area contributed by atoms with Gasteiger partial charge in [0.1, 0.15) is 41.3 Å². The van der Waals surface area contributed by atoms with Gasteiger partial charge < -0.3 is 43.9 Å². The predicted octanol–water partition coefficient (Wildman–Crippen LogP) is 13.9. The molecule has 96 heavy (non-hydrogen) atoms. The molecule has 3 fully saturated rings. The van der Waals surface area contributed by atoms with E-state index in [4.69, 9.17) is 13.3 Å². The minimum atomic E-state index is -4.52. The number of anilines is 3. The number of pyridine rings is 1. The van der Waals surface area contributed by atoms with Crippen LogP contribution in [0.15, 0.2) is 166 Å². The molecule has 9 heterocycles. The Labute approximate surface area is 542 Å². The summed E-state index contributed by atoms with van der Waals surface area (Å²) in [5.74, 6) is -1.64. The van der Waals surface area contributed by atoms with E-state index in [1.165, 1.54) is 91.9 Å². The number of halogens is 9. The fourth-order valence-corrected chi connectivity index (χ4v) is 11.8. The summed E-state index contributed by atoms with van der Waals surface area (Å²) >= 11 is 0. The van der Waals surface area contributed by atoms with Gasteiger partial charge in [-0.05, 0) is 138 Å². The molecule has 0 spiro atoms. The molecule has 13 rings (SSSR count). The Morgan fingerprint density at radius 2 is 1.02 bits per heavy atom. The molecular weight excluding hydrogens is 1270 g/mol. The van der Waals surface area contributed by atoms with Crippen molar-refractivity contribution in [3.8, 4) is 34.3 Å². The van der Waals surface area contributed by atoms with Crippen molar-refractivity contribution in [2.45, 2.75) is 108 Å². The Kier molecular flexibility index (Phi) is 20.1. The van der Waals surface area contributed by atoms with Crippen LogP contribution in [-0.2, 0) is 12.4 Å². The molecule has 498 valence electrons. The maximum atomic E-state index is 14.7. The molecule has 0 radical (unpaired) electrons. The summed E-state index contributed by atoms with van der Waals surface area (Å²) in [5.41, 5.74) is 1.10. The average molecular weight is 1330 g/mol. The summed E-state index contributed by atoms with van der Waals surface area (Å²) < 4.78 is 135. The van der Waals surface area contributed by atoms with Crippen molar-refractivity contribution in [3.05, 3.63) is 198 Å². The molecular formula is C67H61F9N14O6. The first kappa shape index (κ1) is 66.7. The van der Waals surface area contributed by atoms with Crippen molar-refractivity contribution in [1.82, 2.24) is 54.6 Å². The first-order chi connectivity index (χ1) is 46.1.